The average Bonchev–Trinajstić information content (AvgIpc) is 2.76. The number of nitro benzene ring substituents is 1. The van der Waals surface area contributed by atoms with E-state index >= 15 is 0 Å². The van der Waals surface area contributed by atoms with Gasteiger partial charge in [0.25, 0.3) is 5.69 Å². The van der Waals surface area contributed by atoms with Gasteiger partial charge in [-0.1, -0.05) is 12.2 Å². The van der Waals surface area contributed by atoms with Crippen molar-refractivity contribution in [2.24, 2.45) is 5.92 Å². The van der Waals surface area contributed by atoms with Crippen molar-refractivity contribution < 1.29 is 18.5 Å². The average molecular weight is 369 g/mol. The molecule has 1 heterocycles. The Labute approximate surface area is 146 Å². The van der Waals surface area contributed by atoms with E-state index in [2.05, 4.69) is 6.58 Å². The molecule has 3 rings (SSSR count). The number of allylic oxidation sites excluding steroid dienone is 1. The predicted molar refractivity (Wildman–Crippen MR) is 94.5 cm³/mol. The maximum Gasteiger partial charge on any atom is 0.381 e. The van der Waals surface area contributed by atoms with Crippen LogP contribution in [0.4, 0.5) is 5.69 Å². The van der Waals surface area contributed by atoms with Gasteiger partial charge in [0, 0.05) is 23.9 Å². The fourth-order valence-electron chi connectivity index (χ4n) is 3.18. The summed E-state index contributed by atoms with van der Waals surface area (Å²) in [4.78, 5) is 10.3. The van der Waals surface area contributed by atoms with Crippen LogP contribution < -0.4 is 4.52 Å². The first-order valence-corrected chi connectivity index (χ1v) is 10.3. The summed E-state index contributed by atoms with van der Waals surface area (Å²) >= 11 is 5.51. The second-order valence-electron chi connectivity index (χ2n) is 6.61. The highest BCUT2D eigenvalue weighted by Crippen LogP contribution is 2.64. The van der Waals surface area contributed by atoms with Crippen molar-refractivity contribution in [2.45, 2.75) is 44.8 Å². The van der Waals surface area contributed by atoms with Crippen LogP contribution in [0, 0.1) is 16.0 Å². The molecule has 1 aliphatic heterocycles. The molecule has 1 aromatic carbocycles. The van der Waals surface area contributed by atoms with Crippen LogP contribution >= 0.6 is 6.72 Å². The van der Waals surface area contributed by atoms with E-state index in [1.165, 1.54) is 24.3 Å². The SMILES string of the molecule is C=C(C)[C@@H]1CC[C@]2(C)O[P@](=S)(Oc3ccc([N+](=O)[O-])cc3)O[C@@H]2C1. The summed E-state index contributed by atoms with van der Waals surface area (Å²) in [6, 6.07) is 5.78. The van der Waals surface area contributed by atoms with E-state index in [4.69, 9.17) is 25.4 Å². The molecule has 1 saturated heterocycles. The van der Waals surface area contributed by atoms with Gasteiger partial charge < -0.3 is 4.52 Å². The van der Waals surface area contributed by atoms with Gasteiger partial charge in [0.15, 0.2) is 0 Å². The lowest BCUT2D eigenvalue weighted by Gasteiger charge is -2.36. The van der Waals surface area contributed by atoms with Crippen LogP contribution in [-0.2, 0) is 20.9 Å². The second kappa shape index (κ2) is 6.23. The molecule has 0 N–H and O–H groups in total. The molecule has 1 saturated carbocycles. The number of benzene rings is 1. The molecule has 0 aromatic heterocycles. The number of nitrogens with zero attached hydrogens (tertiary/aromatic N) is 1. The van der Waals surface area contributed by atoms with Gasteiger partial charge in [-0.3, -0.25) is 19.2 Å². The van der Waals surface area contributed by atoms with Gasteiger partial charge >= 0.3 is 6.72 Å². The van der Waals surface area contributed by atoms with E-state index in [0.717, 1.165) is 24.8 Å². The zero-order chi connectivity index (χ0) is 17.5. The first-order chi connectivity index (χ1) is 11.2. The van der Waals surface area contributed by atoms with E-state index in [9.17, 15) is 10.1 Å². The molecular weight excluding hydrogens is 349 g/mol. The van der Waals surface area contributed by atoms with Gasteiger partial charge in [0.05, 0.1) is 11.0 Å². The second-order valence-corrected chi connectivity index (χ2v) is 9.42. The molecule has 130 valence electrons. The third-order valence-electron chi connectivity index (χ3n) is 4.71. The van der Waals surface area contributed by atoms with Crippen LogP contribution in [0.1, 0.15) is 33.1 Å². The Bertz CT molecular complexity index is 722. The van der Waals surface area contributed by atoms with Crippen LogP contribution in [0.5, 0.6) is 5.75 Å². The molecule has 0 amide bonds. The molecule has 8 heteroatoms. The van der Waals surface area contributed by atoms with Gasteiger partial charge in [-0.25, -0.2) is 0 Å². The number of nitro groups is 1. The summed E-state index contributed by atoms with van der Waals surface area (Å²) in [5, 5.41) is 10.7. The molecule has 0 spiro atoms. The van der Waals surface area contributed by atoms with E-state index in [-0.39, 0.29) is 11.8 Å². The molecule has 2 aliphatic rings. The molecule has 4 atom stereocenters. The van der Waals surface area contributed by atoms with E-state index < -0.39 is 17.2 Å². The van der Waals surface area contributed by atoms with Crippen molar-refractivity contribution in [3.05, 3.63) is 46.5 Å². The van der Waals surface area contributed by atoms with Gasteiger partial charge in [-0.05, 0) is 51.2 Å². The van der Waals surface area contributed by atoms with Crippen LogP contribution in [0.3, 0.4) is 0 Å². The molecule has 1 aromatic rings. The van der Waals surface area contributed by atoms with E-state index in [1.54, 1.807) is 0 Å². The molecule has 6 nitrogen and oxygen atoms in total. The number of hydrogen-bond acceptors (Lipinski definition) is 6. The zero-order valence-electron chi connectivity index (χ0n) is 13.6. The summed E-state index contributed by atoms with van der Waals surface area (Å²) < 4.78 is 17.9. The highest BCUT2D eigenvalue weighted by atomic mass is 32.5. The van der Waals surface area contributed by atoms with Crippen molar-refractivity contribution in [1.29, 1.82) is 0 Å². The van der Waals surface area contributed by atoms with Crippen molar-refractivity contribution >= 4 is 24.2 Å². The molecule has 0 bridgehead atoms. The smallest absolute Gasteiger partial charge is 0.381 e. The molecular formula is C16H20NO5PS. The third kappa shape index (κ3) is 3.40. The highest BCUT2D eigenvalue weighted by molar-refractivity contribution is 8.07. The quantitative estimate of drug-likeness (QED) is 0.330. The molecule has 0 radical (unpaired) electrons. The topological polar surface area (TPSA) is 70.8 Å². The summed E-state index contributed by atoms with van der Waals surface area (Å²) in [5.41, 5.74) is 0.705. The Hall–Kier alpha value is -1.27. The highest BCUT2D eigenvalue weighted by Gasteiger charge is 2.54. The summed E-state index contributed by atoms with van der Waals surface area (Å²) in [5.74, 6) is 0.829. The lowest BCUT2D eigenvalue weighted by atomic mass is 9.75. The lowest BCUT2D eigenvalue weighted by molar-refractivity contribution is -0.384. The predicted octanol–water partition coefficient (Wildman–Crippen LogP) is 4.75. The third-order valence-corrected chi connectivity index (χ3v) is 7.00. The van der Waals surface area contributed by atoms with Crippen molar-refractivity contribution in [2.75, 3.05) is 0 Å². The van der Waals surface area contributed by atoms with Crippen molar-refractivity contribution in [1.82, 2.24) is 0 Å². The monoisotopic (exact) mass is 369 g/mol. The summed E-state index contributed by atoms with van der Waals surface area (Å²) in [6.07, 6.45) is 2.56. The van der Waals surface area contributed by atoms with Crippen LogP contribution in [0.15, 0.2) is 36.4 Å². The summed E-state index contributed by atoms with van der Waals surface area (Å²) in [7, 11) is 0. The molecule has 0 unspecified atom stereocenters. The van der Waals surface area contributed by atoms with Gasteiger partial charge in [0.2, 0.25) is 0 Å². The number of non-ortho nitro benzene ring substituents is 1. The van der Waals surface area contributed by atoms with Gasteiger partial charge in [0.1, 0.15) is 11.4 Å². The van der Waals surface area contributed by atoms with Gasteiger partial charge in [-0.15, -0.1) is 0 Å². The fraction of sp³-hybridized carbons (Fsp3) is 0.500. The minimum absolute atomic E-state index is 0.00251. The minimum atomic E-state index is -2.92. The van der Waals surface area contributed by atoms with E-state index in [1.807, 2.05) is 13.8 Å². The first-order valence-electron chi connectivity index (χ1n) is 7.79. The van der Waals surface area contributed by atoms with E-state index in [0.29, 0.717) is 11.7 Å². The zero-order valence-corrected chi connectivity index (χ0v) is 15.3. The maximum absolute atomic E-state index is 10.7. The van der Waals surface area contributed by atoms with Gasteiger partial charge in [-0.2, -0.15) is 0 Å². The number of fused-ring (bicyclic) bond motifs is 1. The molecule has 2 fully saturated rings. The first kappa shape index (κ1) is 17.5. The molecule has 1 aliphatic carbocycles. The Morgan fingerprint density at radius 3 is 2.75 bits per heavy atom. The van der Waals surface area contributed by atoms with Crippen LogP contribution in [0.2, 0.25) is 0 Å². The number of hydrogen-bond donors (Lipinski definition) is 0. The van der Waals surface area contributed by atoms with Crippen LogP contribution in [0.25, 0.3) is 0 Å². The Morgan fingerprint density at radius 1 is 1.50 bits per heavy atom. The minimum Gasteiger partial charge on any atom is -0.424 e. The Balaban J connectivity index is 1.74. The maximum atomic E-state index is 10.7. The van der Waals surface area contributed by atoms with Crippen LogP contribution in [-0.4, -0.2) is 16.6 Å². The normalized spacial score (nSPS) is 35.2. The fourth-order valence-corrected chi connectivity index (χ4v) is 6.11. The number of rotatable bonds is 4. The Kier molecular flexibility index (Phi) is 4.55. The lowest BCUT2D eigenvalue weighted by Crippen LogP contribution is -2.42. The Morgan fingerprint density at radius 2 is 2.17 bits per heavy atom. The summed E-state index contributed by atoms with van der Waals surface area (Å²) in [6.45, 7) is 5.17. The largest absolute Gasteiger partial charge is 0.424 e. The molecule has 24 heavy (non-hydrogen) atoms. The standard InChI is InChI=1S/C16H20NO5PS/c1-11(2)12-8-9-16(3)15(10-12)21-23(24,22-16)20-14-6-4-13(5-7-14)17(18)19/h4-7,12,15H,1,8-10H2,2-3H3/t12-,15-,16+,23+/m1/s1. The van der Waals surface area contributed by atoms with Crippen molar-refractivity contribution in [3.8, 4) is 5.75 Å². The van der Waals surface area contributed by atoms with Crippen molar-refractivity contribution in [3.63, 3.8) is 0 Å².